The molecule has 2 rings (SSSR count). The van der Waals surface area contributed by atoms with Gasteiger partial charge in [-0.25, -0.2) is 17.1 Å². The Kier molecular flexibility index (Phi) is 11.1. The molecule has 0 saturated heterocycles. The number of benzene rings is 2. The number of ether oxygens (including phenoxy) is 3. The van der Waals surface area contributed by atoms with Crippen LogP contribution in [-0.4, -0.2) is 58.4 Å². The van der Waals surface area contributed by atoms with E-state index in [1.807, 2.05) is 6.92 Å². The van der Waals surface area contributed by atoms with Crippen molar-refractivity contribution < 1.29 is 31.8 Å². The zero-order chi connectivity index (χ0) is 26.8. The van der Waals surface area contributed by atoms with Crippen molar-refractivity contribution in [2.75, 3.05) is 34.5 Å². The van der Waals surface area contributed by atoms with E-state index in [9.17, 15) is 13.2 Å². The van der Waals surface area contributed by atoms with Gasteiger partial charge in [0.1, 0.15) is 22.2 Å². The van der Waals surface area contributed by atoms with Gasteiger partial charge in [0.25, 0.3) is 0 Å². The molecule has 0 bridgehead atoms. The average molecular weight is 522 g/mol. The van der Waals surface area contributed by atoms with Crippen LogP contribution in [0.15, 0.2) is 61.2 Å². The fourth-order valence-electron chi connectivity index (χ4n) is 4.19. The zero-order valence-electron chi connectivity index (χ0n) is 21.4. The van der Waals surface area contributed by atoms with Crippen LogP contribution in [0.3, 0.4) is 0 Å². The Morgan fingerprint density at radius 1 is 1.17 bits per heavy atom. The van der Waals surface area contributed by atoms with Gasteiger partial charge < -0.3 is 14.2 Å². The molecule has 7 nitrogen and oxygen atoms in total. The van der Waals surface area contributed by atoms with E-state index in [0.717, 1.165) is 17.8 Å². The van der Waals surface area contributed by atoms with Crippen LogP contribution >= 0.6 is 0 Å². The lowest BCUT2D eigenvalue weighted by molar-refractivity contribution is -0.148. The van der Waals surface area contributed by atoms with E-state index in [-0.39, 0.29) is 25.1 Å². The highest BCUT2D eigenvalue weighted by molar-refractivity contribution is 7.89. The lowest BCUT2D eigenvalue weighted by Crippen LogP contribution is -2.56. The molecular formula is C27H36FNO6S. The summed E-state index contributed by atoms with van der Waals surface area (Å²) in [6.07, 6.45) is 2.79. The van der Waals surface area contributed by atoms with E-state index in [4.69, 9.17) is 14.2 Å². The van der Waals surface area contributed by atoms with Crippen LogP contribution in [0.4, 0.5) is 4.39 Å². The van der Waals surface area contributed by atoms with Crippen LogP contribution in [0, 0.1) is 5.82 Å². The molecule has 0 aromatic heterocycles. The second-order valence-electron chi connectivity index (χ2n) is 8.50. The molecule has 0 aliphatic heterocycles. The second kappa shape index (κ2) is 13.5. The van der Waals surface area contributed by atoms with Gasteiger partial charge in [0.2, 0.25) is 10.0 Å². The molecular weight excluding hydrogens is 485 g/mol. The van der Waals surface area contributed by atoms with E-state index in [1.54, 1.807) is 37.4 Å². The maximum atomic E-state index is 15.2. The number of allylic oxidation sites excluding steroid dienone is 1. The van der Waals surface area contributed by atoms with Gasteiger partial charge in [0, 0.05) is 25.8 Å². The summed E-state index contributed by atoms with van der Waals surface area (Å²) in [6, 6.07) is 12.6. The van der Waals surface area contributed by atoms with Gasteiger partial charge in [0.15, 0.2) is 0 Å². The first-order valence-corrected chi connectivity index (χ1v) is 13.3. The Morgan fingerprint density at radius 2 is 1.83 bits per heavy atom. The molecule has 2 aromatic rings. The van der Waals surface area contributed by atoms with Gasteiger partial charge >= 0.3 is 5.97 Å². The molecule has 0 N–H and O–H groups in total. The van der Waals surface area contributed by atoms with Gasteiger partial charge in [-0.3, -0.25) is 4.79 Å². The van der Waals surface area contributed by atoms with E-state index >= 15 is 4.39 Å². The summed E-state index contributed by atoms with van der Waals surface area (Å²) >= 11 is 0. The molecule has 0 amide bonds. The number of methoxy groups -OCH3 is 2. The number of sulfonamides is 1. The predicted molar refractivity (Wildman–Crippen MR) is 138 cm³/mol. The highest BCUT2D eigenvalue weighted by Gasteiger charge is 2.55. The average Bonchev–Trinajstić information content (AvgIpc) is 2.88. The fraction of sp³-hybridized carbons (Fsp3) is 0.444. The first-order valence-electron chi connectivity index (χ1n) is 11.8. The second-order valence-corrected chi connectivity index (χ2v) is 10.7. The van der Waals surface area contributed by atoms with Gasteiger partial charge in [0.05, 0.1) is 20.8 Å². The number of nitrogens with zero attached hydrogens (tertiary/aromatic N) is 1. The number of carbonyl (C=O) groups is 1. The van der Waals surface area contributed by atoms with E-state index in [0.29, 0.717) is 24.3 Å². The molecule has 9 heteroatoms. The molecule has 36 heavy (non-hydrogen) atoms. The van der Waals surface area contributed by atoms with E-state index in [2.05, 4.69) is 6.58 Å². The third kappa shape index (κ3) is 6.52. The van der Waals surface area contributed by atoms with E-state index in [1.165, 1.54) is 31.3 Å². The number of carbonyl (C=O) groups excluding carboxylic acids is 1. The molecule has 2 unspecified atom stereocenters. The minimum atomic E-state index is -4.24. The Morgan fingerprint density at radius 3 is 2.39 bits per heavy atom. The third-order valence-corrected chi connectivity index (χ3v) is 8.45. The highest BCUT2D eigenvalue weighted by Crippen LogP contribution is 2.40. The normalized spacial score (nSPS) is 14.2. The first-order chi connectivity index (χ1) is 17.2. The minimum Gasteiger partial charge on any atom is -0.497 e. The van der Waals surface area contributed by atoms with Crippen LogP contribution in [-0.2, 0) is 36.3 Å². The first kappa shape index (κ1) is 29.5. The molecule has 0 fully saturated rings. The van der Waals surface area contributed by atoms with Crippen LogP contribution in [0.25, 0.3) is 0 Å². The lowest BCUT2D eigenvalue weighted by atomic mass is 9.74. The smallest absolute Gasteiger partial charge is 0.318 e. The van der Waals surface area contributed by atoms with Crippen molar-refractivity contribution in [2.24, 2.45) is 0 Å². The molecule has 0 spiro atoms. The quantitative estimate of drug-likeness (QED) is 0.195. The number of halogens is 1. The summed E-state index contributed by atoms with van der Waals surface area (Å²) < 4.78 is 60.6. The molecule has 0 saturated carbocycles. The van der Waals surface area contributed by atoms with Crippen LogP contribution in [0.2, 0.25) is 0 Å². The van der Waals surface area contributed by atoms with Crippen LogP contribution < -0.4 is 4.74 Å². The van der Waals surface area contributed by atoms with Crippen molar-refractivity contribution in [3.63, 3.8) is 0 Å². The lowest BCUT2D eigenvalue weighted by Gasteiger charge is -2.39. The van der Waals surface area contributed by atoms with Crippen LogP contribution in [0.5, 0.6) is 5.75 Å². The Bertz CT molecular complexity index is 1110. The van der Waals surface area contributed by atoms with Crippen molar-refractivity contribution in [3.8, 4) is 5.75 Å². The molecule has 0 aliphatic rings. The van der Waals surface area contributed by atoms with Crippen molar-refractivity contribution in [1.82, 2.24) is 4.31 Å². The molecule has 0 radical (unpaired) electrons. The Hall–Kier alpha value is -2.75. The van der Waals surface area contributed by atoms with Gasteiger partial charge in [-0.15, -0.1) is 6.58 Å². The molecule has 2 atom stereocenters. The third-order valence-electron chi connectivity index (χ3n) is 6.19. The largest absolute Gasteiger partial charge is 0.497 e. The molecule has 198 valence electrons. The van der Waals surface area contributed by atoms with Crippen LogP contribution in [0.1, 0.15) is 37.3 Å². The molecule has 0 aliphatic carbocycles. The number of hydrogen-bond acceptors (Lipinski definition) is 6. The van der Waals surface area contributed by atoms with Gasteiger partial charge in [-0.1, -0.05) is 49.8 Å². The number of esters is 1. The maximum Gasteiger partial charge on any atom is 0.318 e. The summed E-state index contributed by atoms with van der Waals surface area (Å²) in [5.41, 5.74) is -1.28. The molecule has 2 aromatic carbocycles. The Balaban J connectivity index is 2.64. The summed E-state index contributed by atoms with van der Waals surface area (Å²) in [5, 5.41) is -1.48. The van der Waals surface area contributed by atoms with E-state index < -0.39 is 32.5 Å². The maximum absolute atomic E-state index is 15.2. The topological polar surface area (TPSA) is 82.1 Å². The van der Waals surface area contributed by atoms with Crippen molar-refractivity contribution in [3.05, 3.63) is 78.1 Å². The van der Waals surface area contributed by atoms with Crippen molar-refractivity contribution in [2.45, 2.75) is 43.4 Å². The van der Waals surface area contributed by atoms with Crippen molar-refractivity contribution in [1.29, 1.82) is 0 Å². The Labute approximate surface area is 213 Å². The fourth-order valence-corrected chi connectivity index (χ4v) is 6.05. The monoisotopic (exact) mass is 521 g/mol. The van der Waals surface area contributed by atoms with Gasteiger partial charge in [-0.05, 0) is 36.6 Å². The summed E-state index contributed by atoms with van der Waals surface area (Å²) in [4.78, 5) is 13.4. The van der Waals surface area contributed by atoms with Gasteiger partial charge in [-0.2, -0.15) is 0 Å². The number of unbranched alkanes of at least 4 members (excludes halogenated alkanes) is 1. The highest BCUT2D eigenvalue weighted by atomic mass is 32.2. The summed E-state index contributed by atoms with van der Waals surface area (Å²) in [7, 11) is -0.112. The predicted octanol–water partition coefficient (Wildman–Crippen LogP) is 4.47. The minimum absolute atomic E-state index is 0.0282. The SMILES string of the molecule is C=CCC(C(=O)OC)(c1ccccc1F)C(COCCCC)S(=O)(=O)N(C)Cc1ccc(OC)cc1. The molecule has 0 heterocycles. The number of hydrogen-bond donors (Lipinski definition) is 0. The van der Waals surface area contributed by atoms with Crippen molar-refractivity contribution >= 4 is 16.0 Å². The summed E-state index contributed by atoms with van der Waals surface area (Å²) in [6.45, 7) is 5.71. The number of rotatable bonds is 15. The standard InChI is InChI=1S/C27H36FNO6S/c1-6-8-18-35-20-25(36(31,32)29(3)19-21-13-15-22(33-4)16-14-21)27(17-7-2,26(30)34-5)23-11-9-10-12-24(23)28/h7,9-16,25H,2,6,8,17-20H2,1,3-5H3. The zero-order valence-corrected chi connectivity index (χ0v) is 22.2. The summed E-state index contributed by atoms with van der Waals surface area (Å²) in [5.74, 6) is -0.948.